The van der Waals surface area contributed by atoms with E-state index in [1.54, 1.807) is 36.5 Å². The number of hydrogen-bond donors (Lipinski definition) is 1. The van der Waals surface area contributed by atoms with E-state index in [9.17, 15) is 9.59 Å². The van der Waals surface area contributed by atoms with Gasteiger partial charge in [-0.05, 0) is 41.5 Å². The summed E-state index contributed by atoms with van der Waals surface area (Å²) in [6.45, 7) is 8.35. The second-order valence-electron chi connectivity index (χ2n) is 10.1. The van der Waals surface area contributed by atoms with E-state index in [0.717, 1.165) is 16.8 Å². The summed E-state index contributed by atoms with van der Waals surface area (Å²) in [6, 6.07) is 10.5. The van der Waals surface area contributed by atoms with E-state index in [1.807, 2.05) is 12.1 Å². The van der Waals surface area contributed by atoms with Crippen molar-refractivity contribution in [1.82, 2.24) is 4.98 Å². The number of pyridine rings is 1. The average Bonchev–Trinajstić information content (AvgIpc) is 3.29. The quantitative estimate of drug-likeness (QED) is 0.363. The van der Waals surface area contributed by atoms with Crippen LogP contribution in [0.4, 0.5) is 5.69 Å². The number of anilines is 1. The van der Waals surface area contributed by atoms with Crippen LogP contribution >= 0.6 is 11.6 Å². The van der Waals surface area contributed by atoms with Gasteiger partial charge in [0, 0.05) is 53.6 Å². The Balaban J connectivity index is 1.49. The van der Waals surface area contributed by atoms with Gasteiger partial charge in [-0.2, -0.15) is 0 Å². The van der Waals surface area contributed by atoms with Crippen LogP contribution in [-0.2, 0) is 16.0 Å². The van der Waals surface area contributed by atoms with Gasteiger partial charge in [0.15, 0.2) is 0 Å². The number of rotatable bonds is 8. The lowest BCUT2D eigenvalue weighted by Crippen LogP contribution is -2.16. The van der Waals surface area contributed by atoms with Crippen molar-refractivity contribution in [3.63, 3.8) is 0 Å². The smallest absolute Gasteiger partial charge is 0.221 e. The Bertz CT molecular complexity index is 1440. The van der Waals surface area contributed by atoms with Crippen molar-refractivity contribution in [3.05, 3.63) is 64.8 Å². The number of amides is 1. The monoisotopic (exact) mass is 519 g/mol. The fourth-order valence-electron chi connectivity index (χ4n) is 4.12. The van der Waals surface area contributed by atoms with Crippen LogP contribution in [0.5, 0.6) is 17.2 Å². The number of allylic oxidation sites excluding steroid dienone is 1. The molecule has 2 aromatic carbocycles. The second kappa shape index (κ2) is 10.7. The molecule has 0 unspecified atom stereocenters. The maximum Gasteiger partial charge on any atom is 0.221 e. The highest BCUT2D eigenvalue weighted by atomic mass is 35.5. The number of fused-ring (bicyclic) bond motifs is 1. The molecule has 37 heavy (non-hydrogen) atoms. The van der Waals surface area contributed by atoms with Crippen LogP contribution in [0.25, 0.3) is 10.9 Å². The molecular formula is C29H30ClN3O4. The summed E-state index contributed by atoms with van der Waals surface area (Å²) >= 11 is 6.53. The number of halogens is 1. The lowest BCUT2D eigenvalue weighted by molar-refractivity contribution is -0.118. The van der Waals surface area contributed by atoms with Crippen molar-refractivity contribution in [2.24, 2.45) is 10.4 Å². The third-order valence-corrected chi connectivity index (χ3v) is 6.31. The Labute approximate surface area is 221 Å². The number of Topliss-reactive ketones (excluding diaryl/α,β-unsaturated/α-hetero) is 1. The van der Waals surface area contributed by atoms with Gasteiger partial charge in [0.25, 0.3) is 0 Å². The molecule has 0 atom stereocenters. The molecule has 0 bridgehead atoms. The third kappa shape index (κ3) is 6.35. The van der Waals surface area contributed by atoms with Gasteiger partial charge in [-0.25, -0.2) is 0 Å². The molecule has 2 heterocycles. The van der Waals surface area contributed by atoms with Crippen LogP contribution in [-0.4, -0.2) is 36.0 Å². The number of benzene rings is 2. The second-order valence-corrected chi connectivity index (χ2v) is 10.5. The normalized spacial score (nSPS) is 13.2. The van der Waals surface area contributed by atoms with Crippen LogP contribution in [0.3, 0.4) is 0 Å². The Morgan fingerprint density at radius 1 is 1.08 bits per heavy atom. The van der Waals surface area contributed by atoms with Gasteiger partial charge in [0.1, 0.15) is 23.0 Å². The highest BCUT2D eigenvalue weighted by Crippen LogP contribution is 2.36. The number of ether oxygens (including phenoxy) is 2. The van der Waals surface area contributed by atoms with Gasteiger partial charge in [0.05, 0.1) is 24.9 Å². The first-order chi connectivity index (χ1) is 17.5. The molecule has 8 heteroatoms. The lowest BCUT2D eigenvalue weighted by atomic mass is 9.89. The van der Waals surface area contributed by atoms with E-state index in [2.05, 4.69) is 36.1 Å². The number of aliphatic imine (C=N–C) groups is 1. The zero-order chi connectivity index (χ0) is 26.7. The number of nitrogens with one attached hydrogen (secondary N) is 1. The largest absolute Gasteiger partial charge is 0.494 e. The number of carbonyl (C=O) groups excluding carboxylic acids is 2. The first kappa shape index (κ1) is 26.4. The van der Waals surface area contributed by atoms with E-state index in [-0.39, 0.29) is 23.5 Å². The summed E-state index contributed by atoms with van der Waals surface area (Å²) in [4.78, 5) is 33.3. The molecule has 0 saturated carbocycles. The lowest BCUT2D eigenvalue weighted by Gasteiger charge is -2.16. The summed E-state index contributed by atoms with van der Waals surface area (Å²) in [6.07, 6.45) is 4.28. The van der Waals surface area contributed by atoms with E-state index >= 15 is 0 Å². The molecule has 0 spiro atoms. The minimum atomic E-state index is -0.215. The predicted molar refractivity (Wildman–Crippen MR) is 147 cm³/mol. The molecule has 7 nitrogen and oxygen atoms in total. The molecule has 0 fully saturated rings. The predicted octanol–water partition coefficient (Wildman–Crippen LogP) is 6.58. The number of hydrogen-bond acceptors (Lipinski definition) is 6. The molecule has 1 aromatic heterocycles. The third-order valence-electron chi connectivity index (χ3n) is 5.96. The minimum Gasteiger partial charge on any atom is -0.494 e. The highest BCUT2D eigenvalue weighted by Gasteiger charge is 2.22. The van der Waals surface area contributed by atoms with Crippen molar-refractivity contribution in [1.29, 1.82) is 0 Å². The first-order valence-corrected chi connectivity index (χ1v) is 12.4. The van der Waals surface area contributed by atoms with Gasteiger partial charge < -0.3 is 14.8 Å². The molecule has 192 valence electrons. The van der Waals surface area contributed by atoms with E-state index in [1.165, 1.54) is 14.0 Å². The Morgan fingerprint density at radius 2 is 1.86 bits per heavy atom. The highest BCUT2D eigenvalue weighted by molar-refractivity contribution is 6.31. The van der Waals surface area contributed by atoms with Crippen molar-refractivity contribution in [2.75, 3.05) is 19.0 Å². The van der Waals surface area contributed by atoms with Gasteiger partial charge in [-0.3, -0.25) is 19.6 Å². The summed E-state index contributed by atoms with van der Waals surface area (Å²) in [5, 5.41) is 3.92. The average molecular weight is 520 g/mol. The molecule has 0 aliphatic carbocycles. The van der Waals surface area contributed by atoms with Gasteiger partial charge >= 0.3 is 0 Å². The van der Waals surface area contributed by atoms with E-state index < -0.39 is 0 Å². The van der Waals surface area contributed by atoms with Crippen LogP contribution in [0.1, 0.15) is 39.7 Å². The van der Waals surface area contributed by atoms with E-state index in [4.69, 9.17) is 21.1 Å². The molecule has 4 rings (SSSR count). The summed E-state index contributed by atoms with van der Waals surface area (Å²) in [5.74, 6) is 1.44. The Kier molecular flexibility index (Phi) is 7.64. The Hall–Kier alpha value is -3.71. The van der Waals surface area contributed by atoms with E-state index in [0.29, 0.717) is 51.8 Å². The van der Waals surface area contributed by atoms with Gasteiger partial charge in [-0.1, -0.05) is 38.4 Å². The number of carbonyl (C=O) groups is 2. The number of ketones is 1. The summed E-state index contributed by atoms with van der Waals surface area (Å²) in [7, 11) is 1.53. The summed E-state index contributed by atoms with van der Waals surface area (Å²) in [5.41, 5.74) is 3.95. The Morgan fingerprint density at radius 3 is 2.51 bits per heavy atom. The van der Waals surface area contributed by atoms with Crippen LogP contribution in [0, 0.1) is 5.41 Å². The van der Waals surface area contributed by atoms with Crippen LogP contribution in [0.15, 0.2) is 59.2 Å². The number of nitrogens with zero attached hydrogens (tertiary/aromatic N) is 2. The fourth-order valence-corrected chi connectivity index (χ4v) is 4.35. The molecule has 0 radical (unpaired) electrons. The van der Waals surface area contributed by atoms with Gasteiger partial charge in [-0.15, -0.1) is 0 Å². The molecule has 1 aliphatic heterocycles. The zero-order valence-corrected chi connectivity index (χ0v) is 22.4. The molecule has 0 saturated heterocycles. The number of aromatic nitrogens is 1. The van der Waals surface area contributed by atoms with Crippen molar-refractivity contribution >= 4 is 45.6 Å². The number of methoxy groups -OCH3 is 1. The minimum absolute atomic E-state index is 0.0261. The van der Waals surface area contributed by atoms with Crippen molar-refractivity contribution in [3.8, 4) is 17.2 Å². The van der Waals surface area contributed by atoms with Crippen molar-refractivity contribution in [2.45, 2.75) is 40.5 Å². The SMILES string of the molecule is COc1cc2nccc(Oc3ccc(CC(=O)CC4=CC(C(C)(C)C)=NC4)c(Cl)c3)c2cc1NC(C)=O. The van der Waals surface area contributed by atoms with Crippen LogP contribution < -0.4 is 14.8 Å². The van der Waals surface area contributed by atoms with Crippen molar-refractivity contribution < 1.29 is 19.1 Å². The molecule has 3 aromatic rings. The maximum atomic E-state index is 12.7. The molecular weight excluding hydrogens is 490 g/mol. The summed E-state index contributed by atoms with van der Waals surface area (Å²) < 4.78 is 11.5. The zero-order valence-electron chi connectivity index (χ0n) is 21.6. The molecule has 1 aliphatic rings. The first-order valence-electron chi connectivity index (χ1n) is 12.0. The van der Waals surface area contributed by atoms with Crippen LogP contribution in [0.2, 0.25) is 5.02 Å². The molecule has 1 amide bonds. The molecule has 1 N–H and O–H groups in total. The maximum absolute atomic E-state index is 12.7. The topological polar surface area (TPSA) is 89.9 Å². The fraction of sp³-hybridized carbons (Fsp3) is 0.310. The van der Waals surface area contributed by atoms with Gasteiger partial charge in [0.2, 0.25) is 5.91 Å². The standard InChI is InChI=1S/C29H30ClN3O4/c1-17(34)33-25-14-22-24(15-27(25)36-5)31-9-8-26(22)37-21-7-6-19(23(30)13-21)12-20(35)10-18-11-28(32-16-18)29(2,3)4/h6-9,11,13-15H,10,12,16H2,1-5H3,(H,33,34).